The summed E-state index contributed by atoms with van der Waals surface area (Å²) in [5.74, 6) is 1.81. The zero-order chi connectivity index (χ0) is 15.6. The summed E-state index contributed by atoms with van der Waals surface area (Å²) in [6.45, 7) is 7.97. The fourth-order valence-corrected chi connectivity index (χ4v) is 2.71. The lowest BCUT2D eigenvalue weighted by atomic mass is 9.98. The third-order valence-corrected chi connectivity index (χ3v) is 3.91. The van der Waals surface area contributed by atoms with Gasteiger partial charge in [0.05, 0.1) is 5.56 Å². The van der Waals surface area contributed by atoms with Gasteiger partial charge in [0.2, 0.25) is 0 Å². The molecule has 0 aromatic heterocycles. The van der Waals surface area contributed by atoms with E-state index in [1.165, 1.54) is 11.1 Å². The van der Waals surface area contributed by atoms with Crippen LogP contribution in [0.2, 0.25) is 0 Å². The van der Waals surface area contributed by atoms with Crippen LogP contribution in [0.3, 0.4) is 0 Å². The Bertz CT molecular complexity index is 675. The number of ketones is 1. The number of ether oxygens (including phenoxy) is 1. The second-order valence-electron chi connectivity index (χ2n) is 5.47. The molecule has 2 rings (SSSR count). The highest BCUT2D eigenvalue weighted by molar-refractivity contribution is 9.10. The van der Waals surface area contributed by atoms with Crippen molar-refractivity contribution in [3.63, 3.8) is 0 Å². The Kier molecular flexibility index (Phi) is 4.84. The highest BCUT2D eigenvalue weighted by atomic mass is 79.9. The molecule has 0 spiro atoms. The molecule has 0 atom stereocenters. The molecule has 3 heteroatoms. The summed E-state index contributed by atoms with van der Waals surface area (Å²) in [5.41, 5.74) is 3.09. The van der Waals surface area contributed by atoms with Crippen LogP contribution in [0.25, 0.3) is 0 Å². The van der Waals surface area contributed by atoms with Gasteiger partial charge in [-0.15, -0.1) is 0 Å². The summed E-state index contributed by atoms with van der Waals surface area (Å²) in [6, 6.07) is 11.5. The van der Waals surface area contributed by atoms with Gasteiger partial charge >= 0.3 is 0 Å². The van der Waals surface area contributed by atoms with Gasteiger partial charge in [-0.3, -0.25) is 4.79 Å². The van der Waals surface area contributed by atoms with Gasteiger partial charge in [0.1, 0.15) is 11.5 Å². The molecule has 0 unspecified atom stereocenters. The number of Topliss-reactive ketones (excluding diaryl/α,β-unsaturated/α-hetero) is 1. The van der Waals surface area contributed by atoms with E-state index in [1.807, 2.05) is 24.3 Å². The number of carbonyl (C=O) groups excluding carboxylic acids is 1. The minimum atomic E-state index is -0.0122. The van der Waals surface area contributed by atoms with Crippen LogP contribution in [0.5, 0.6) is 11.5 Å². The third kappa shape index (κ3) is 3.73. The van der Waals surface area contributed by atoms with Crippen LogP contribution in [0, 0.1) is 6.92 Å². The van der Waals surface area contributed by atoms with Crippen LogP contribution in [-0.4, -0.2) is 5.78 Å². The highest BCUT2D eigenvalue weighted by Crippen LogP contribution is 2.30. The first kappa shape index (κ1) is 15.8. The molecular formula is C18H19BrO2. The molecule has 0 aliphatic heterocycles. The lowest BCUT2D eigenvalue weighted by Gasteiger charge is -2.14. The van der Waals surface area contributed by atoms with Crippen LogP contribution < -0.4 is 4.74 Å². The molecule has 0 heterocycles. The van der Waals surface area contributed by atoms with E-state index in [0.29, 0.717) is 17.2 Å². The first-order valence-corrected chi connectivity index (χ1v) is 7.76. The monoisotopic (exact) mass is 346 g/mol. The molecule has 110 valence electrons. The molecule has 0 saturated heterocycles. The van der Waals surface area contributed by atoms with Gasteiger partial charge in [0.15, 0.2) is 5.78 Å². The Morgan fingerprint density at radius 1 is 1.14 bits per heavy atom. The van der Waals surface area contributed by atoms with Gasteiger partial charge in [-0.05, 0) is 61.2 Å². The predicted molar refractivity (Wildman–Crippen MR) is 89.5 cm³/mol. The van der Waals surface area contributed by atoms with Crippen molar-refractivity contribution >= 4 is 21.7 Å². The molecule has 0 N–H and O–H groups in total. The van der Waals surface area contributed by atoms with Crippen LogP contribution in [0.15, 0.2) is 40.9 Å². The number of rotatable bonds is 4. The SMILES string of the molecule is CC(=O)c1cc(Br)ccc1Oc1ccc(C(C)C)c(C)c1. The van der Waals surface area contributed by atoms with Crippen molar-refractivity contribution in [2.45, 2.75) is 33.6 Å². The van der Waals surface area contributed by atoms with E-state index in [1.54, 1.807) is 13.0 Å². The number of benzene rings is 2. The molecule has 2 nitrogen and oxygen atoms in total. The molecule has 0 aliphatic carbocycles. The Hall–Kier alpha value is -1.61. The zero-order valence-corrected chi connectivity index (χ0v) is 14.3. The Balaban J connectivity index is 2.35. The van der Waals surface area contributed by atoms with Crippen molar-refractivity contribution in [3.8, 4) is 11.5 Å². The Morgan fingerprint density at radius 2 is 1.86 bits per heavy atom. The smallest absolute Gasteiger partial charge is 0.163 e. The summed E-state index contributed by atoms with van der Waals surface area (Å²) in [7, 11) is 0. The summed E-state index contributed by atoms with van der Waals surface area (Å²) in [6.07, 6.45) is 0. The van der Waals surface area contributed by atoms with Crippen molar-refractivity contribution in [1.82, 2.24) is 0 Å². The maximum atomic E-state index is 11.7. The first-order chi connectivity index (χ1) is 9.88. The minimum absolute atomic E-state index is 0.0122. The third-order valence-electron chi connectivity index (χ3n) is 3.41. The van der Waals surface area contributed by atoms with E-state index in [9.17, 15) is 4.79 Å². The van der Waals surface area contributed by atoms with Crippen molar-refractivity contribution in [1.29, 1.82) is 0 Å². The summed E-state index contributed by atoms with van der Waals surface area (Å²) in [4.78, 5) is 11.7. The Labute approximate surface area is 134 Å². The highest BCUT2D eigenvalue weighted by Gasteiger charge is 2.11. The van der Waals surface area contributed by atoms with Gasteiger partial charge in [0, 0.05) is 4.47 Å². The summed E-state index contributed by atoms with van der Waals surface area (Å²) >= 11 is 3.38. The van der Waals surface area contributed by atoms with Gasteiger partial charge < -0.3 is 4.74 Å². The van der Waals surface area contributed by atoms with Gasteiger partial charge in [-0.25, -0.2) is 0 Å². The lowest BCUT2D eigenvalue weighted by Crippen LogP contribution is -1.98. The van der Waals surface area contributed by atoms with Crippen molar-refractivity contribution in [2.75, 3.05) is 0 Å². The lowest BCUT2D eigenvalue weighted by molar-refractivity contribution is 0.101. The molecule has 21 heavy (non-hydrogen) atoms. The molecule has 0 fully saturated rings. The van der Waals surface area contributed by atoms with Crippen molar-refractivity contribution in [2.24, 2.45) is 0 Å². The fourth-order valence-electron chi connectivity index (χ4n) is 2.35. The molecule has 2 aromatic rings. The predicted octanol–water partition coefficient (Wildman–Crippen LogP) is 5.88. The van der Waals surface area contributed by atoms with E-state index in [-0.39, 0.29) is 5.78 Å². The van der Waals surface area contributed by atoms with Crippen LogP contribution >= 0.6 is 15.9 Å². The summed E-state index contributed by atoms with van der Waals surface area (Å²) < 4.78 is 6.77. The van der Waals surface area contributed by atoms with E-state index in [4.69, 9.17) is 4.74 Å². The molecule has 0 saturated carbocycles. The topological polar surface area (TPSA) is 26.3 Å². The quantitative estimate of drug-likeness (QED) is 0.646. The number of halogens is 1. The van der Waals surface area contributed by atoms with Gasteiger partial charge in [-0.1, -0.05) is 35.8 Å². The zero-order valence-electron chi connectivity index (χ0n) is 12.7. The largest absolute Gasteiger partial charge is 0.457 e. The number of carbonyl (C=O) groups is 1. The van der Waals surface area contributed by atoms with E-state index < -0.39 is 0 Å². The van der Waals surface area contributed by atoms with Crippen LogP contribution in [0.1, 0.15) is 48.2 Å². The second-order valence-corrected chi connectivity index (χ2v) is 6.39. The molecule has 0 aliphatic rings. The molecule has 0 radical (unpaired) electrons. The van der Waals surface area contributed by atoms with Crippen molar-refractivity contribution in [3.05, 3.63) is 57.6 Å². The standard InChI is InChI=1S/C18H19BrO2/c1-11(2)16-7-6-15(9-12(16)3)21-18-8-5-14(19)10-17(18)13(4)20/h5-11H,1-4H3. The van der Waals surface area contributed by atoms with E-state index in [0.717, 1.165) is 10.2 Å². The number of aryl methyl sites for hydroxylation is 1. The van der Waals surface area contributed by atoms with Crippen molar-refractivity contribution < 1.29 is 9.53 Å². The van der Waals surface area contributed by atoms with Crippen LogP contribution in [-0.2, 0) is 0 Å². The van der Waals surface area contributed by atoms with Gasteiger partial charge in [-0.2, -0.15) is 0 Å². The summed E-state index contributed by atoms with van der Waals surface area (Å²) in [5, 5.41) is 0. The fraction of sp³-hybridized carbons (Fsp3) is 0.278. The van der Waals surface area contributed by atoms with Crippen LogP contribution in [0.4, 0.5) is 0 Å². The molecular weight excluding hydrogens is 328 g/mol. The average Bonchev–Trinajstić information content (AvgIpc) is 2.40. The molecule has 0 amide bonds. The second kappa shape index (κ2) is 6.44. The number of hydrogen-bond donors (Lipinski definition) is 0. The number of hydrogen-bond acceptors (Lipinski definition) is 2. The minimum Gasteiger partial charge on any atom is -0.457 e. The molecule has 0 bridgehead atoms. The normalized spacial score (nSPS) is 10.8. The first-order valence-electron chi connectivity index (χ1n) is 6.97. The molecule has 2 aromatic carbocycles. The van der Waals surface area contributed by atoms with E-state index >= 15 is 0 Å². The Morgan fingerprint density at radius 3 is 2.43 bits per heavy atom. The average molecular weight is 347 g/mol. The maximum absolute atomic E-state index is 11.7. The van der Waals surface area contributed by atoms with E-state index in [2.05, 4.69) is 42.8 Å². The van der Waals surface area contributed by atoms with Gasteiger partial charge in [0.25, 0.3) is 0 Å². The maximum Gasteiger partial charge on any atom is 0.163 e.